The van der Waals surface area contributed by atoms with Gasteiger partial charge in [0.1, 0.15) is 0 Å². The Morgan fingerprint density at radius 1 is 1.35 bits per heavy atom. The summed E-state index contributed by atoms with van der Waals surface area (Å²) in [5, 5.41) is 13.8. The van der Waals surface area contributed by atoms with E-state index in [0.29, 0.717) is 6.54 Å². The van der Waals surface area contributed by atoms with Crippen molar-refractivity contribution in [1.82, 2.24) is 9.88 Å². The number of nitrogens with one attached hydrogen (secondary N) is 1. The molecule has 108 valence electrons. The minimum atomic E-state index is -0.775. The van der Waals surface area contributed by atoms with E-state index in [9.17, 15) is 9.90 Å². The summed E-state index contributed by atoms with van der Waals surface area (Å²) in [5.74, 6) is -0.775. The number of carboxylic acid groups (broad SMARTS) is 1. The Labute approximate surface area is 119 Å². The van der Waals surface area contributed by atoms with Gasteiger partial charge < -0.3 is 15.0 Å². The fraction of sp³-hybridized carbons (Fsp3) is 0.438. The zero-order valence-electron chi connectivity index (χ0n) is 12.3. The van der Waals surface area contributed by atoms with Crippen molar-refractivity contribution in [3.8, 4) is 0 Å². The van der Waals surface area contributed by atoms with Crippen LogP contribution in [0.15, 0.2) is 30.5 Å². The molecule has 1 heterocycles. The Morgan fingerprint density at radius 3 is 2.75 bits per heavy atom. The topological polar surface area (TPSA) is 54.3 Å². The van der Waals surface area contributed by atoms with E-state index in [2.05, 4.69) is 24.4 Å². The van der Waals surface area contributed by atoms with Gasteiger partial charge in [-0.3, -0.25) is 4.79 Å². The Balaban J connectivity index is 2.35. The lowest BCUT2D eigenvalue weighted by Crippen LogP contribution is -2.28. The van der Waals surface area contributed by atoms with Crippen molar-refractivity contribution in [3.05, 3.63) is 36.0 Å². The second-order valence-electron chi connectivity index (χ2n) is 5.76. The summed E-state index contributed by atoms with van der Waals surface area (Å²) in [5.41, 5.74) is 1.56. The average Bonchev–Trinajstić information content (AvgIpc) is 2.79. The summed E-state index contributed by atoms with van der Waals surface area (Å²) in [6.45, 7) is 7.83. The molecule has 2 N–H and O–H groups in total. The lowest BCUT2D eigenvalue weighted by molar-refractivity contribution is -0.147. The van der Waals surface area contributed by atoms with Crippen LogP contribution in [0.1, 0.15) is 26.3 Å². The Morgan fingerprint density at radius 2 is 2.10 bits per heavy atom. The molecule has 20 heavy (non-hydrogen) atoms. The molecular weight excluding hydrogens is 252 g/mol. The third-order valence-electron chi connectivity index (χ3n) is 3.61. The predicted octanol–water partition coefficient (Wildman–Crippen LogP) is 2.86. The molecule has 2 rings (SSSR count). The molecule has 0 saturated carbocycles. The van der Waals surface area contributed by atoms with Gasteiger partial charge in [0.2, 0.25) is 0 Å². The van der Waals surface area contributed by atoms with Gasteiger partial charge in [-0.1, -0.05) is 19.1 Å². The lowest BCUT2D eigenvalue weighted by atomic mass is 9.94. The minimum absolute atomic E-state index is 0.469. The van der Waals surface area contributed by atoms with Gasteiger partial charge in [-0.05, 0) is 38.1 Å². The molecule has 0 atom stereocenters. The number of aromatic nitrogens is 1. The highest BCUT2D eigenvalue weighted by Crippen LogP contribution is 2.25. The summed E-state index contributed by atoms with van der Waals surface area (Å²) >= 11 is 0. The van der Waals surface area contributed by atoms with Crippen LogP contribution >= 0.6 is 0 Å². The van der Waals surface area contributed by atoms with Crippen molar-refractivity contribution < 1.29 is 9.90 Å². The van der Waals surface area contributed by atoms with Crippen LogP contribution in [0.3, 0.4) is 0 Å². The van der Waals surface area contributed by atoms with E-state index in [1.54, 1.807) is 13.8 Å². The van der Waals surface area contributed by atoms with Crippen LogP contribution in [0.25, 0.3) is 10.9 Å². The van der Waals surface area contributed by atoms with Crippen LogP contribution in [0.5, 0.6) is 0 Å². The number of rotatable bonds is 6. The first-order chi connectivity index (χ1) is 9.45. The predicted molar refractivity (Wildman–Crippen MR) is 80.7 cm³/mol. The molecule has 0 aliphatic heterocycles. The highest BCUT2D eigenvalue weighted by atomic mass is 16.4. The first-order valence-corrected chi connectivity index (χ1v) is 6.96. The standard InChI is InChI=1S/C16H22N2O2/c1-4-17-10-12-6-5-7-14-13(12)8-9-18(14)11-16(2,3)15(19)20/h5-9,17H,4,10-11H2,1-3H3,(H,19,20). The first-order valence-electron chi connectivity index (χ1n) is 6.96. The maximum atomic E-state index is 11.3. The number of hydrogen-bond acceptors (Lipinski definition) is 2. The van der Waals surface area contributed by atoms with Crippen LogP contribution in [0, 0.1) is 5.41 Å². The highest BCUT2D eigenvalue weighted by Gasteiger charge is 2.28. The van der Waals surface area contributed by atoms with E-state index in [1.807, 2.05) is 22.9 Å². The molecule has 0 amide bonds. The second kappa shape index (κ2) is 5.67. The summed E-state index contributed by atoms with van der Waals surface area (Å²) in [7, 11) is 0. The van der Waals surface area contributed by atoms with Crippen LogP contribution < -0.4 is 5.32 Å². The molecule has 0 radical (unpaired) electrons. The second-order valence-corrected chi connectivity index (χ2v) is 5.76. The van der Waals surface area contributed by atoms with Crippen molar-refractivity contribution in [2.45, 2.75) is 33.9 Å². The number of fused-ring (bicyclic) bond motifs is 1. The van der Waals surface area contributed by atoms with Gasteiger partial charge in [0.05, 0.1) is 5.41 Å². The summed E-state index contributed by atoms with van der Waals surface area (Å²) in [6.07, 6.45) is 1.98. The molecule has 1 aromatic carbocycles. The number of carbonyl (C=O) groups is 1. The van der Waals surface area contributed by atoms with Crippen LogP contribution in [0.2, 0.25) is 0 Å². The summed E-state index contributed by atoms with van der Waals surface area (Å²) < 4.78 is 2.03. The molecule has 2 aromatic rings. The molecule has 0 aliphatic carbocycles. The third-order valence-corrected chi connectivity index (χ3v) is 3.61. The third kappa shape index (κ3) is 2.85. The van der Waals surface area contributed by atoms with Gasteiger partial charge >= 0.3 is 5.97 Å². The smallest absolute Gasteiger partial charge is 0.310 e. The van der Waals surface area contributed by atoms with E-state index in [-0.39, 0.29) is 0 Å². The Bertz CT molecular complexity index is 614. The van der Waals surface area contributed by atoms with Gasteiger partial charge in [0, 0.05) is 30.2 Å². The molecule has 0 unspecified atom stereocenters. The SMILES string of the molecule is CCNCc1cccc2c1ccn2CC(C)(C)C(=O)O. The van der Waals surface area contributed by atoms with Crippen LogP contribution in [-0.4, -0.2) is 22.2 Å². The zero-order valence-corrected chi connectivity index (χ0v) is 12.3. The van der Waals surface area contributed by atoms with Crippen molar-refractivity contribution in [2.75, 3.05) is 6.54 Å². The van der Waals surface area contributed by atoms with Gasteiger partial charge in [-0.25, -0.2) is 0 Å². The number of nitrogens with zero attached hydrogens (tertiary/aromatic N) is 1. The van der Waals surface area contributed by atoms with E-state index in [0.717, 1.165) is 18.6 Å². The monoisotopic (exact) mass is 274 g/mol. The average molecular weight is 274 g/mol. The van der Waals surface area contributed by atoms with Crippen LogP contribution in [0.4, 0.5) is 0 Å². The molecular formula is C16H22N2O2. The molecule has 0 fully saturated rings. The Kier molecular flexibility index (Phi) is 4.14. The number of hydrogen-bond donors (Lipinski definition) is 2. The molecule has 4 nitrogen and oxygen atoms in total. The van der Waals surface area contributed by atoms with Gasteiger partial charge in [0.15, 0.2) is 0 Å². The van der Waals surface area contributed by atoms with E-state index >= 15 is 0 Å². The zero-order chi connectivity index (χ0) is 14.8. The first kappa shape index (κ1) is 14.6. The normalized spacial score (nSPS) is 11.9. The van der Waals surface area contributed by atoms with Crippen LogP contribution in [-0.2, 0) is 17.9 Å². The number of carboxylic acids is 1. The van der Waals surface area contributed by atoms with Gasteiger partial charge in [0.25, 0.3) is 0 Å². The van der Waals surface area contributed by atoms with Crippen molar-refractivity contribution in [3.63, 3.8) is 0 Å². The molecule has 4 heteroatoms. The molecule has 0 aliphatic rings. The van der Waals surface area contributed by atoms with E-state index in [1.165, 1.54) is 10.9 Å². The van der Waals surface area contributed by atoms with Crippen molar-refractivity contribution >= 4 is 16.9 Å². The number of aliphatic carboxylic acids is 1. The summed E-state index contributed by atoms with van der Waals surface area (Å²) in [4.78, 5) is 11.3. The lowest BCUT2D eigenvalue weighted by Gasteiger charge is -2.20. The summed E-state index contributed by atoms with van der Waals surface area (Å²) in [6, 6.07) is 8.25. The highest BCUT2D eigenvalue weighted by molar-refractivity contribution is 5.84. The quantitative estimate of drug-likeness (QED) is 0.851. The maximum absolute atomic E-state index is 11.3. The van der Waals surface area contributed by atoms with E-state index in [4.69, 9.17) is 0 Å². The molecule has 1 aromatic heterocycles. The van der Waals surface area contributed by atoms with E-state index < -0.39 is 11.4 Å². The largest absolute Gasteiger partial charge is 0.481 e. The minimum Gasteiger partial charge on any atom is -0.481 e. The molecule has 0 spiro atoms. The molecule has 0 bridgehead atoms. The van der Waals surface area contributed by atoms with Crippen molar-refractivity contribution in [1.29, 1.82) is 0 Å². The Hall–Kier alpha value is -1.81. The number of benzene rings is 1. The fourth-order valence-electron chi connectivity index (χ4n) is 2.33. The van der Waals surface area contributed by atoms with Crippen molar-refractivity contribution in [2.24, 2.45) is 5.41 Å². The van der Waals surface area contributed by atoms with Gasteiger partial charge in [-0.15, -0.1) is 0 Å². The van der Waals surface area contributed by atoms with Gasteiger partial charge in [-0.2, -0.15) is 0 Å². The molecule has 0 saturated heterocycles. The fourth-order valence-corrected chi connectivity index (χ4v) is 2.33. The maximum Gasteiger partial charge on any atom is 0.310 e.